The Hall–Kier alpha value is -3.19. The van der Waals surface area contributed by atoms with Gasteiger partial charge >= 0.3 is 0 Å². The number of nitrogens with zero attached hydrogens (tertiary/aromatic N) is 5. The highest BCUT2D eigenvalue weighted by Gasteiger charge is 1.93. The lowest BCUT2D eigenvalue weighted by molar-refractivity contribution is -0.742. The summed E-state index contributed by atoms with van der Waals surface area (Å²) in [7, 11) is 0. The van der Waals surface area contributed by atoms with Crippen LogP contribution in [-0.2, 0) is 0 Å². The molecular weight excluding hydrogens is 244 g/mol. The smallest absolute Gasteiger partial charge is 0.291 e. The van der Waals surface area contributed by atoms with Gasteiger partial charge < -0.3 is 27.6 Å². The molecule has 0 atom stereocenters. The predicted octanol–water partition coefficient (Wildman–Crippen LogP) is -2.08. The molecule has 1 aromatic heterocycles. The zero-order valence-electron chi connectivity index (χ0n) is 8.00. The Labute approximate surface area is 91.9 Å². The number of nitrogens with two attached hydrogens (primary N) is 3. The minimum absolute atomic E-state index is 0.0417. The van der Waals surface area contributed by atoms with Gasteiger partial charge in [-0.05, 0) is 0 Å². The number of nitrogen functional groups attached to an aromatic ring is 3. The molecule has 0 aliphatic carbocycles. The van der Waals surface area contributed by atoms with Gasteiger partial charge in [0.05, 0.1) is 0 Å². The minimum atomic E-state index is -1.50. The molecule has 0 aliphatic heterocycles. The van der Waals surface area contributed by atoms with E-state index in [2.05, 4.69) is 15.0 Å². The highest BCUT2D eigenvalue weighted by Crippen LogP contribution is 1.97. The fourth-order valence-electron chi connectivity index (χ4n) is 0.427. The highest BCUT2D eigenvalue weighted by molar-refractivity contribution is 5.33. The molecule has 0 saturated heterocycles. The summed E-state index contributed by atoms with van der Waals surface area (Å²) in [5, 5.41) is 27.3. The van der Waals surface area contributed by atoms with Crippen LogP contribution in [0, 0.1) is 20.2 Å². The zero-order chi connectivity index (χ0) is 14.0. The molecule has 0 saturated carbocycles. The van der Waals surface area contributed by atoms with Crippen LogP contribution >= 0.6 is 0 Å². The first-order chi connectivity index (χ1) is 7.65. The molecule has 14 nitrogen and oxygen atoms in total. The quantitative estimate of drug-likeness (QED) is 0.246. The van der Waals surface area contributed by atoms with Crippen molar-refractivity contribution in [2.45, 2.75) is 0 Å². The van der Waals surface area contributed by atoms with E-state index < -0.39 is 10.2 Å². The molecule has 0 bridgehead atoms. The number of hydrogen-bond donors (Lipinski definition) is 5. The van der Waals surface area contributed by atoms with E-state index >= 15 is 0 Å². The fraction of sp³-hybridized carbons (Fsp3) is 0. The first-order valence-electron chi connectivity index (χ1n) is 3.34. The van der Waals surface area contributed by atoms with Gasteiger partial charge in [-0.3, -0.25) is 0 Å². The molecule has 0 fully saturated rings. The third kappa shape index (κ3) is 19.3. The molecule has 0 aliphatic rings. The van der Waals surface area contributed by atoms with Crippen LogP contribution in [0.25, 0.3) is 0 Å². The molecule has 0 spiro atoms. The minimum Gasteiger partial charge on any atom is -0.368 e. The van der Waals surface area contributed by atoms with Crippen LogP contribution in [-0.4, -0.2) is 35.5 Å². The Morgan fingerprint density at radius 3 is 1.06 bits per heavy atom. The van der Waals surface area contributed by atoms with Crippen molar-refractivity contribution in [2.24, 2.45) is 0 Å². The molecule has 14 heteroatoms. The van der Waals surface area contributed by atoms with Crippen LogP contribution in [0.15, 0.2) is 0 Å². The molecule has 96 valence electrons. The summed E-state index contributed by atoms with van der Waals surface area (Å²) < 4.78 is 0. The maximum Gasteiger partial charge on any atom is 0.291 e. The monoisotopic (exact) mass is 252 g/mol. The van der Waals surface area contributed by atoms with Gasteiger partial charge in [-0.1, -0.05) is 0 Å². The van der Waals surface area contributed by atoms with Crippen LogP contribution < -0.4 is 17.2 Å². The Kier molecular flexibility index (Phi) is 7.79. The molecule has 17 heavy (non-hydrogen) atoms. The van der Waals surface area contributed by atoms with E-state index in [1.54, 1.807) is 0 Å². The molecule has 0 aromatic carbocycles. The highest BCUT2D eigenvalue weighted by atomic mass is 16.9. The van der Waals surface area contributed by atoms with Crippen LogP contribution in [0.3, 0.4) is 0 Å². The average Bonchev–Trinajstić information content (AvgIpc) is 1.96. The average molecular weight is 252 g/mol. The second-order valence-corrected chi connectivity index (χ2v) is 1.89. The van der Waals surface area contributed by atoms with Crippen molar-refractivity contribution in [1.29, 1.82) is 0 Å². The number of aromatic nitrogens is 3. The third-order valence-electron chi connectivity index (χ3n) is 0.687. The first kappa shape index (κ1) is 16.2. The number of anilines is 3. The fourth-order valence-corrected chi connectivity index (χ4v) is 0.427. The number of hydrogen-bond acceptors (Lipinski definition) is 10. The molecule has 0 radical (unpaired) electrons. The Balaban J connectivity index is 0. The largest absolute Gasteiger partial charge is 0.368 e. The Morgan fingerprint density at radius 2 is 0.941 bits per heavy atom. The second kappa shape index (κ2) is 8.15. The van der Waals surface area contributed by atoms with Crippen molar-refractivity contribution in [3.8, 4) is 0 Å². The normalized spacial score (nSPS) is 7.76. The van der Waals surface area contributed by atoms with E-state index in [0.29, 0.717) is 0 Å². The van der Waals surface area contributed by atoms with Gasteiger partial charge in [-0.25, -0.2) is 0 Å². The lowest BCUT2D eigenvalue weighted by atomic mass is 10.9. The van der Waals surface area contributed by atoms with Crippen molar-refractivity contribution >= 4 is 17.8 Å². The van der Waals surface area contributed by atoms with Crippen molar-refractivity contribution < 1.29 is 20.6 Å². The van der Waals surface area contributed by atoms with Gasteiger partial charge in [0, 0.05) is 0 Å². The summed E-state index contributed by atoms with van der Waals surface area (Å²) in [6.07, 6.45) is 0. The summed E-state index contributed by atoms with van der Waals surface area (Å²) >= 11 is 0. The SMILES string of the molecule is Nc1nc(N)nc(N)n1.O=[N+]([O-])O.O=[N+]([O-])O. The third-order valence-corrected chi connectivity index (χ3v) is 0.687. The van der Waals surface area contributed by atoms with Crippen molar-refractivity contribution in [3.05, 3.63) is 20.2 Å². The molecule has 0 amide bonds. The van der Waals surface area contributed by atoms with Crippen molar-refractivity contribution in [3.63, 3.8) is 0 Å². The lowest BCUT2D eigenvalue weighted by Gasteiger charge is -1.93. The van der Waals surface area contributed by atoms with Gasteiger partial charge in [-0.15, -0.1) is 20.2 Å². The second-order valence-electron chi connectivity index (χ2n) is 1.89. The molecule has 1 rings (SSSR count). The van der Waals surface area contributed by atoms with E-state index in [1.165, 1.54) is 0 Å². The molecule has 1 heterocycles. The van der Waals surface area contributed by atoms with Crippen LogP contribution in [0.5, 0.6) is 0 Å². The summed E-state index contributed by atoms with van der Waals surface area (Å²) in [5.74, 6) is 0.125. The van der Waals surface area contributed by atoms with Crippen molar-refractivity contribution in [2.75, 3.05) is 17.2 Å². The predicted molar refractivity (Wildman–Crippen MR) is 50.6 cm³/mol. The van der Waals surface area contributed by atoms with Crippen LogP contribution in [0.4, 0.5) is 17.8 Å². The van der Waals surface area contributed by atoms with Crippen LogP contribution in [0.1, 0.15) is 0 Å². The topological polar surface area (TPSA) is 243 Å². The standard InChI is InChI=1S/C3H6N6.2HNO3/c4-1-7-2(5)9-3(6)8-1;2*2-1(3)4/h(H6,4,5,6,7,8,9);2*(H,2,3,4). The number of rotatable bonds is 0. The van der Waals surface area contributed by atoms with E-state index in [-0.39, 0.29) is 17.8 Å². The Morgan fingerprint density at radius 1 is 0.824 bits per heavy atom. The Bertz CT molecular complexity index is 311. The van der Waals surface area contributed by atoms with Gasteiger partial charge in [0.15, 0.2) is 0 Å². The summed E-state index contributed by atoms with van der Waals surface area (Å²) in [6, 6.07) is 0. The zero-order valence-corrected chi connectivity index (χ0v) is 8.00. The van der Waals surface area contributed by atoms with E-state index in [9.17, 15) is 0 Å². The van der Waals surface area contributed by atoms with Gasteiger partial charge in [-0.2, -0.15) is 15.0 Å². The maximum absolute atomic E-state index is 8.36. The summed E-state index contributed by atoms with van der Waals surface area (Å²) in [6.45, 7) is 0. The maximum atomic E-state index is 8.36. The summed E-state index contributed by atoms with van der Waals surface area (Å²) in [4.78, 5) is 27.2. The van der Waals surface area contributed by atoms with Gasteiger partial charge in [0.25, 0.3) is 10.2 Å². The van der Waals surface area contributed by atoms with Crippen molar-refractivity contribution in [1.82, 2.24) is 15.0 Å². The van der Waals surface area contributed by atoms with Crippen LogP contribution in [0.2, 0.25) is 0 Å². The molecular formula is C3H8N8O6. The van der Waals surface area contributed by atoms with E-state index in [4.69, 9.17) is 47.8 Å². The van der Waals surface area contributed by atoms with E-state index in [0.717, 1.165) is 0 Å². The lowest BCUT2D eigenvalue weighted by Crippen LogP contribution is -2.05. The van der Waals surface area contributed by atoms with E-state index in [1.807, 2.05) is 0 Å². The molecule has 0 unspecified atom stereocenters. The summed E-state index contributed by atoms with van der Waals surface area (Å²) in [5.41, 5.74) is 15.4. The van der Waals surface area contributed by atoms with Gasteiger partial charge in [0.1, 0.15) is 0 Å². The molecule has 8 N–H and O–H groups in total. The molecule has 1 aromatic rings. The van der Waals surface area contributed by atoms with Gasteiger partial charge in [0.2, 0.25) is 17.8 Å². The first-order valence-corrected chi connectivity index (χ1v) is 3.34.